The second-order valence-electron chi connectivity index (χ2n) is 3.32. The summed E-state index contributed by atoms with van der Waals surface area (Å²) in [7, 11) is 1.65. The predicted octanol–water partition coefficient (Wildman–Crippen LogP) is -0.0332. The highest BCUT2D eigenvalue weighted by molar-refractivity contribution is 5.88. The first-order chi connectivity index (χ1) is 8.61. The molecule has 2 heterocycles. The first-order valence-electron chi connectivity index (χ1n) is 4.96. The Morgan fingerprint density at radius 3 is 2.89 bits per heavy atom. The van der Waals surface area contributed by atoms with Gasteiger partial charge in [0.1, 0.15) is 11.3 Å². The van der Waals surface area contributed by atoms with Crippen LogP contribution < -0.4 is 10.9 Å². The first kappa shape index (κ1) is 11.7. The van der Waals surface area contributed by atoms with Crippen molar-refractivity contribution in [3.8, 4) is 11.4 Å². The summed E-state index contributed by atoms with van der Waals surface area (Å²) in [5.41, 5.74) is -0.474. The minimum atomic E-state index is -1.32. The lowest BCUT2D eigenvalue weighted by atomic mass is 10.2. The van der Waals surface area contributed by atoms with E-state index < -0.39 is 11.5 Å². The molecule has 0 radical (unpaired) electrons. The van der Waals surface area contributed by atoms with Crippen LogP contribution in [-0.2, 0) is 0 Å². The van der Waals surface area contributed by atoms with Crippen molar-refractivity contribution in [3.05, 3.63) is 34.2 Å². The van der Waals surface area contributed by atoms with Crippen LogP contribution in [0.4, 0.5) is 5.95 Å². The molecule has 0 aliphatic rings. The molecular formula is C10H9N5O3. The van der Waals surface area contributed by atoms with Gasteiger partial charge in [0.05, 0.1) is 5.69 Å². The average molecular weight is 247 g/mol. The van der Waals surface area contributed by atoms with Crippen LogP contribution in [0.5, 0.6) is 0 Å². The molecule has 0 saturated carbocycles. The van der Waals surface area contributed by atoms with Gasteiger partial charge in [0.15, 0.2) is 0 Å². The zero-order chi connectivity index (χ0) is 13.1. The quantitative estimate of drug-likeness (QED) is 0.696. The number of nitrogens with one attached hydrogen (secondary N) is 2. The normalized spacial score (nSPS) is 10.1. The molecule has 0 bridgehead atoms. The van der Waals surface area contributed by atoms with E-state index in [1.54, 1.807) is 13.1 Å². The van der Waals surface area contributed by atoms with Gasteiger partial charge in [-0.2, -0.15) is 5.10 Å². The molecule has 0 amide bonds. The highest BCUT2D eigenvalue weighted by atomic mass is 16.4. The Balaban J connectivity index is 2.54. The minimum absolute atomic E-state index is 0.255. The van der Waals surface area contributed by atoms with Crippen LogP contribution in [0.3, 0.4) is 0 Å². The van der Waals surface area contributed by atoms with E-state index in [1.165, 1.54) is 12.3 Å². The molecule has 0 aromatic carbocycles. The van der Waals surface area contributed by atoms with Gasteiger partial charge in [-0.3, -0.25) is 4.79 Å². The van der Waals surface area contributed by atoms with Crippen molar-refractivity contribution >= 4 is 11.9 Å². The van der Waals surface area contributed by atoms with Gasteiger partial charge in [-0.1, -0.05) is 0 Å². The Bertz CT molecular complexity index is 652. The number of hydrogen-bond donors (Lipinski definition) is 3. The largest absolute Gasteiger partial charge is 0.477 e. The van der Waals surface area contributed by atoms with Crippen LogP contribution >= 0.6 is 0 Å². The number of aromatic carboxylic acids is 1. The van der Waals surface area contributed by atoms with E-state index in [0.29, 0.717) is 11.6 Å². The van der Waals surface area contributed by atoms with Gasteiger partial charge >= 0.3 is 5.97 Å². The third-order valence-electron chi connectivity index (χ3n) is 2.18. The Morgan fingerprint density at radius 2 is 2.22 bits per heavy atom. The summed E-state index contributed by atoms with van der Waals surface area (Å²) in [6.45, 7) is 0. The highest BCUT2D eigenvalue weighted by Gasteiger charge is 2.12. The molecule has 2 rings (SSSR count). The Labute approximate surface area is 101 Å². The number of aromatic amines is 1. The van der Waals surface area contributed by atoms with Crippen LogP contribution in [-0.4, -0.2) is 38.3 Å². The molecule has 92 valence electrons. The number of anilines is 1. The van der Waals surface area contributed by atoms with Crippen molar-refractivity contribution < 1.29 is 9.90 Å². The van der Waals surface area contributed by atoms with Gasteiger partial charge in [0.25, 0.3) is 5.56 Å². The Kier molecular flexibility index (Phi) is 3.00. The lowest BCUT2D eigenvalue weighted by molar-refractivity contribution is 0.0694. The third-order valence-corrected chi connectivity index (χ3v) is 2.18. The van der Waals surface area contributed by atoms with Crippen LogP contribution in [0.2, 0.25) is 0 Å². The van der Waals surface area contributed by atoms with Crippen LogP contribution in [0, 0.1) is 0 Å². The lowest BCUT2D eigenvalue weighted by Crippen LogP contribution is -2.19. The fraction of sp³-hybridized carbons (Fsp3) is 0.100. The van der Waals surface area contributed by atoms with Crippen molar-refractivity contribution in [1.82, 2.24) is 20.2 Å². The molecule has 18 heavy (non-hydrogen) atoms. The van der Waals surface area contributed by atoms with Crippen molar-refractivity contribution in [3.63, 3.8) is 0 Å². The highest BCUT2D eigenvalue weighted by Crippen LogP contribution is 2.13. The monoisotopic (exact) mass is 247 g/mol. The van der Waals surface area contributed by atoms with Gasteiger partial charge in [0.2, 0.25) is 5.95 Å². The van der Waals surface area contributed by atoms with E-state index in [2.05, 4.69) is 25.5 Å². The lowest BCUT2D eigenvalue weighted by Gasteiger charge is -2.02. The molecule has 0 aliphatic carbocycles. The van der Waals surface area contributed by atoms with Crippen molar-refractivity contribution in [2.45, 2.75) is 0 Å². The van der Waals surface area contributed by atoms with Gasteiger partial charge in [-0.15, -0.1) is 0 Å². The maximum absolute atomic E-state index is 11.2. The fourth-order valence-corrected chi connectivity index (χ4v) is 1.32. The molecule has 8 heteroatoms. The number of aromatic nitrogens is 4. The average Bonchev–Trinajstić information content (AvgIpc) is 2.39. The smallest absolute Gasteiger partial charge is 0.341 e. The molecule has 3 N–H and O–H groups in total. The topological polar surface area (TPSA) is 121 Å². The van der Waals surface area contributed by atoms with Crippen molar-refractivity contribution in [2.75, 3.05) is 12.4 Å². The molecule has 8 nitrogen and oxygen atoms in total. The molecule has 0 saturated heterocycles. The SMILES string of the molecule is CNc1nccc(-c2cc(C(=O)O)c(=O)[nH]n2)n1. The molecular weight excluding hydrogens is 238 g/mol. The van der Waals surface area contributed by atoms with Crippen molar-refractivity contribution in [1.29, 1.82) is 0 Å². The zero-order valence-corrected chi connectivity index (χ0v) is 9.34. The fourth-order valence-electron chi connectivity index (χ4n) is 1.32. The second kappa shape index (κ2) is 4.62. The molecule has 0 atom stereocenters. The van der Waals surface area contributed by atoms with Gasteiger partial charge in [-0.05, 0) is 12.1 Å². The number of rotatable bonds is 3. The summed E-state index contributed by atoms with van der Waals surface area (Å²) in [5, 5.41) is 17.5. The Morgan fingerprint density at radius 1 is 1.44 bits per heavy atom. The number of carboxylic acid groups (broad SMARTS) is 1. The van der Waals surface area contributed by atoms with Gasteiger partial charge in [-0.25, -0.2) is 19.9 Å². The van der Waals surface area contributed by atoms with E-state index in [4.69, 9.17) is 5.11 Å². The van der Waals surface area contributed by atoms with Crippen LogP contribution in [0.1, 0.15) is 10.4 Å². The number of carbonyl (C=O) groups is 1. The van der Waals surface area contributed by atoms with E-state index in [0.717, 1.165) is 0 Å². The molecule has 0 spiro atoms. The number of hydrogen-bond acceptors (Lipinski definition) is 6. The van der Waals surface area contributed by atoms with E-state index in [9.17, 15) is 9.59 Å². The molecule has 0 fully saturated rings. The van der Waals surface area contributed by atoms with Gasteiger partial charge in [0, 0.05) is 13.2 Å². The van der Waals surface area contributed by atoms with E-state index in [-0.39, 0.29) is 11.3 Å². The molecule has 0 aliphatic heterocycles. The van der Waals surface area contributed by atoms with E-state index >= 15 is 0 Å². The zero-order valence-electron chi connectivity index (χ0n) is 9.34. The number of carboxylic acids is 1. The van der Waals surface area contributed by atoms with Crippen LogP contribution in [0.25, 0.3) is 11.4 Å². The summed E-state index contributed by atoms with van der Waals surface area (Å²) in [6.07, 6.45) is 1.50. The maximum atomic E-state index is 11.2. The standard InChI is InChI=1S/C10H9N5O3/c1-11-10-12-3-2-6(13-10)7-4-5(9(17)18)8(16)15-14-7/h2-4H,1H3,(H,15,16)(H,17,18)(H,11,12,13). The molecule has 0 unspecified atom stereocenters. The summed E-state index contributed by atoms with van der Waals surface area (Å²) in [6, 6.07) is 2.73. The van der Waals surface area contributed by atoms with Gasteiger partial charge < -0.3 is 10.4 Å². The minimum Gasteiger partial charge on any atom is -0.477 e. The molecule has 2 aromatic rings. The maximum Gasteiger partial charge on any atom is 0.341 e. The Hall–Kier alpha value is -2.77. The number of nitrogens with zero attached hydrogens (tertiary/aromatic N) is 3. The summed E-state index contributed by atoms with van der Waals surface area (Å²) in [4.78, 5) is 30.1. The summed E-state index contributed by atoms with van der Waals surface area (Å²) in [5.74, 6) is -0.944. The second-order valence-corrected chi connectivity index (χ2v) is 3.32. The van der Waals surface area contributed by atoms with E-state index in [1.807, 2.05) is 0 Å². The van der Waals surface area contributed by atoms with Crippen LogP contribution in [0.15, 0.2) is 23.1 Å². The number of H-pyrrole nitrogens is 1. The summed E-state index contributed by atoms with van der Waals surface area (Å²) >= 11 is 0. The molecule has 2 aromatic heterocycles. The summed E-state index contributed by atoms with van der Waals surface area (Å²) < 4.78 is 0. The third kappa shape index (κ3) is 2.17. The first-order valence-corrected chi connectivity index (χ1v) is 4.96. The predicted molar refractivity (Wildman–Crippen MR) is 62.4 cm³/mol. The van der Waals surface area contributed by atoms with Crippen molar-refractivity contribution in [2.24, 2.45) is 0 Å².